The Hall–Kier alpha value is -4.12. The van der Waals surface area contributed by atoms with Crippen molar-refractivity contribution in [3.63, 3.8) is 0 Å². The van der Waals surface area contributed by atoms with Gasteiger partial charge in [-0.1, -0.05) is 187 Å². The van der Waals surface area contributed by atoms with Gasteiger partial charge in [-0.3, -0.25) is 18.6 Å². The van der Waals surface area contributed by atoms with Crippen LogP contribution in [0.4, 0.5) is 0 Å². The minimum atomic E-state index is -4.79. The largest absolute Gasteiger partial charge is 0.480 e. The topological polar surface area (TPSA) is 169 Å². The number of ether oxygens (including phenoxy) is 1. The molecule has 0 aromatic heterocycles. The number of unbranched alkanes of at least 4 members (excludes halogenated alkanes) is 12. The van der Waals surface area contributed by atoms with Gasteiger partial charge in [0.2, 0.25) is 5.91 Å². The summed E-state index contributed by atoms with van der Waals surface area (Å²) >= 11 is 0. The molecule has 0 aliphatic carbocycles. The lowest BCUT2D eigenvalue weighted by molar-refractivity contribution is -0.147. The molecule has 384 valence electrons. The van der Waals surface area contributed by atoms with Crippen molar-refractivity contribution in [3.05, 3.63) is 122 Å². The van der Waals surface area contributed by atoms with Crippen LogP contribution in [0.15, 0.2) is 122 Å². The maximum atomic E-state index is 12.4. The lowest BCUT2D eigenvalue weighted by atomic mass is 10.1. The number of esters is 1. The molecule has 0 aromatic carbocycles. The highest BCUT2D eigenvalue weighted by atomic mass is 31.2. The summed E-state index contributed by atoms with van der Waals surface area (Å²) < 4.78 is 26.9. The third kappa shape index (κ3) is 48.3. The quantitative estimate of drug-likeness (QED) is 0.0199. The van der Waals surface area contributed by atoms with Gasteiger partial charge in [-0.15, -0.1) is 0 Å². The van der Waals surface area contributed by atoms with E-state index in [9.17, 15) is 34.1 Å². The summed E-state index contributed by atoms with van der Waals surface area (Å²) in [6.45, 7) is 2.39. The predicted molar refractivity (Wildman–Crippen MR) is 281 cm³/mol. The number of hydrogen-bond donors (Lipinski definition) is 4. The third-order valence-electron chi connectivity index (χ3n) is 10.2. The SMILES string of the molecule is CC/C=C\C/C=C\C/C=C\C/C=C\C/C=C\C/C=C\C/C=C\CCCC(=O)OCC(O)COP(=O)(O)OCC(NC(=O)CCCCCCCCCC/C=C\C/C=C\C/C=C\CCCCC)C(=O)O. The lowest BCUT2D eigenvalue weighted by Gasteiger charge is -2.18. The second-order valence-electron chi connectivity index (χ2n) is 16.6. The van der Waals surface area contributed by atoms with Crippen molar-refractivity contribution in [2.45, 2.75) is 193 Å². The number of carboxylic acids is 1. The van der Waals surface area contributed by atoms with Gasteiger partial charge in [0.1, 0.15) is 12.7 Å². The molecule has 3 atom stereocenters. The fourth-order valence-electron chi connectivity index (χ4n) is 6.31. The number of rotatable bonds is 46. The Kier molecular flexibility index (Phi) is 46.3. The number of carboxylic acid groups (broad SMARTS) is 1. The van der Waals surface area contributed by atoms with Crippen LogP contribution in [0.5, 0.6) is 0 Å². The maximum absolute atomic E-state index is 12.4. The van der Waals surface area contributed by atoms with E-state index in [0.717, 1.165) is 89.9 Å². The molecule has 0 aliphatic rings. The Morgan fingerprint density at radius 1 is 0.485 bits per heavy atom. The number of hydrogen-bond acceptors (Lipinski definition) is 8. The molecule has 11 nitrogen and oxygen atoms in total. The van der Waals surface area contributed by atoms with Gasteiger partial charge >= 0.3 is 19.8 Å². The number of carbonyl (C=O) groups is 3. The van der Waals surface area contributed by atoms with Crippen molar-refractivity contribution in [1.29, 1.82) is 0 Å². The van der Waals surface area contributed by atoms with E-state index in [1.807, 2.05) is 12.2 Å². The standard InChI is InChI=1S/C56H90NO10P/c1-3-5-7-9-11-13-15-17-19-21-23-25-26-28-30-32-34-36-38-40-42-44-46-48-55(60)65-49-52(58)50-66-68(63,64)67-51-53(56(61)62)57-54(59)47-45-43-41-39-37-35-33-31-29-27-24-22-20-18-16-14-12-10-8-6-4-2/h5,7,11-14,17-20,23-25,27-28,30,34,36,40,42,52-53,58H,3-4,6,8-10,15-16,21-22,26,29,31-33,35,37-39,41,43-51H2,1-2H3,(H,57,59)(H,61,62)(H,63,64)/b7-5-,13-11-,14-12-,19-17-,20-18-,25-23-,27-24-,30-28-,36-34-,42-40-. The first kappa shape index (κ1) is 63.9. The van der Waals surface area contributed by atoms with E-state index in [1.54, 1.807) is 0 Å². The van der Waals surface area contributed by atoms with E-state index in [2.05, 4.69) is 129 Å². The van der Waals surface area contributed by atoms with Crippen LogP contribution in [0.3, 0.4) is 0 Å². The highest BCUT2D eigenvalue weighted by molar-refractivity contribution is 7.47. The van der Waals surface area contributed by atoms with Crippen LogP contribution in [0.1, 0.15) is 181 Å². The van der Waals surface area contributed by atoms with Crippen molar-refractivity contribution in [1.82, 2.24) is 5.32 Å². The molecule has 0 aromatic rings. The highest BCUT2D eigenvalue weighted by Crippen LogP contribution is 2.43. The smallest absolute Gasteiger partial charge is 0.472 e. The molecule has 0 saturated heterocycles. The molecule has 3 unspecified atom stereocenters. The molecule has 0 heterocycles. The van der Waals surface area contributed by atoms with E-state index < -0.39 is 57.6 Å². The molecular weight excluding hydrogens is 878 g/mol. The van der Waals surface area contributed by atoms with E-state index in [4.69, 9.17) is 13.8 Å². The van der Waals surface area contributed by atoms with Crippen LogP contribution in [0, 0.1) is 0 Å². The molecule has 0 rings (SSSR count). The summed E-state index contributed by atoms with van der Waals surface area (Å²) in [5.74, 6) is -2.46. The number of phosphoric acid groups is 1. The number of allylic oxidation sites excluding steroid dienone is 20. The summed E-state index contributed by atoms with van der Waals surface area (Å²) in [6, 6.07) is -1.57. The summed E-state index contributed by atoms with van der Waals surface area (Å²) in [5, 5.41) is 21.9. The van der Waals surface area contributed by atoms with Crippen LogP contribution < -0.4 is 5.32 Å². The Bertz CT molecular complexity index is 1610. The molecule has 4 N–H and O–H groups in total. The van der Waals surface area contributed by atoms with Gasteiger partial charge in [-0.25, -0.2) is 9.36 Å². The number of nitrogens with one attached hydrogen (secondary N) is 1. The van der Waals surface area contributed by atoms with Gasteiger partial charge < -0.3 is 25.2 Å². The normalized spacial score (nSPS) is 14.5. The molecule has 68 heavy (non-hydrogen) atoms. The molecule has 0 bridgehead atoms. The Morgan fingerprint density at radius 3 is 1.31 bits per heavy atom. The first-order valence-corrected chi connectivity index (χ1v) is 27.1. The molecule has 0 spiro atoms. The average Bonchev–Trinajstić information content (AvgIpc) is 3.32. The first-order chi connectivity index (χ1) is 33.1. The number of amides is 1. The summed E-state index contributed by atoms with van der Waals surface area (Å²) in [4.78, 5) is 46.1. The van der Waals surface area contributed by atoms with E-state index >= 15 is 0 Å². The summed E-state index contributed by atoms with van der Waals surface area (Å²) in [7, 11) is -4.79. The van der Waals surface area contributed by atoms with Gasteiger partial charge in [-0.2, -0.15) is 0 Å². The van der Waals surface area contributed by atoms with Gasteiger partial charge in [-0.05, 0) is 103 Å². The third-order valence-corrected chi connectivity index (χ3v) is 11.2. The molecule has 12 heteroatoms. The fraction of sp³-hybridized carbons (Fsp3) is 0.589. The van der Waals surface area contributed by atoms with Crippen molar-refractivity contribution in [2.24, 2.45) is 0 Å². The lowest BCUT2D eigenvalue weighted by Crippen LogP contribution is -2.43. The number of carbonyl (C=O) groups excluding carboxylic acids is 2. The molecule has 1 amide bonds. The summed E-state index contributed by atoms with van der Waals surface area (Å²) in [6.07, 6.45) is 66.5. The zero-order chi connectivity index (χ0) is 49.9. The molecule has 0 aliphatic heterocycles. The molecule has 0 radical (unpaired) electrons. The minimum absolute atomic E-state index is 0.126. The van der Waals surface area contributed by atoms with E-state index in [-0.39, 0.29) is 12.8 Å². The second-order valence-corrected chi connectivity index (χ2v) is 18.1. The van der Waals surface area contributed by atoms with Crippen LogP contribution in [0.2, 0.25) is 0 Å². The van der Waals surface area contributed by atoms with E-state index in [0.29, 0.717) is 19.3 Å². The number of aliphatic carboxylic acids is 1. The van der Waals surface area contributed by atoms with Crippen molar-refractivity contribution < 1.29 is 47.8 Å². The van der Waals surface area contributed by atoms with Crippen molar-refractivity contribution in [2.75, 3.05) is 19.8 Å². The van der Waals surface area contributed by atoms with Gasteiger partial charge in [0, 0.05) is 12.8 Å². The maximum Gasteiger partial charge on any atom is 0.472 e. The average molecular weight is 968 g/mol. The zero-order valence-corrected chi connectivity index (χ0v) is 42.7. The van der Waals surface area contributed by atoms with E-state index in [1.165, 1.54) is 44.9 Å². The zero-order valence-electron chi connectivity index (χ0n) is 41.9. The molecular formula is C56H90NO10P. The molecule has 0 saturated carbocycles. The van der Waals surface area contributed by atoms with Crippen LogP contribution in [0.25, 0.3) is 0 Å². The molecule has 0 fully saturated rings. The Morgan fingerprint density at radius 2 is 0.868 bits per heavy atom. The fourth-order valence-corrected chi connectivity index (χ4v) is 7.08. The van der Waals surface area contributed by atoms with Gasteiger partial charge in [0.15, 0.2) is 6.04 Å². The Labute approximate surface area is 411 Å². The van der Waals surface area contributed by atoms with Crippen LogP contribution in [-0.4, -0.2) is 64.9 Å². The summed E-state index contributed by atoms with van der Waals surface area (Å²) in [5.41, 5.74) is 0. The minimum Gasteiger partial charge on any atom is -0.480 e. The van der Waals surface area contributed by atoms with Crippen LogP contribution in [-0.2, 0) is 32.7 Å². The number of aliphatic hydroxyl groups excluding tert-OH is 1. The second kappa shape index (κ2) is 49.3. The Balaban J connectivity index is 3.96. The van der Waals surface area contributed by atoms with Crippen molar-refractivity contribution in [3.8, 4) is 0 Å². The number of aliphatic hydroxyl groups is 1. The predicted octanol–water partition coefficient (Wildman–Crippen LogP) is 14.3. The van der Waals surface area contributed by atoms with Gasteiger partial charge in [0.25, 0.3) is 0 Å². The highest BCUT2D eigenvalue weighted by Gasteiger charge is 2.28. The first-order valence-electron chi connectivity index (χ1n) is 25.6. The van der Waals surface area contributed by atoms with Crippen LogP contribution >= 0.6 is 7.82 Å². The van der Waals surface area contributed by atoms with Gasteiger partial charge in [0.05, 0.1) is 13.2 Å². The number of phosphoric ester groups is 1. The monoisotopic (exact) mass is 968 g/mol. The van der Waals surface area contributed by atoms with Crippen molar-refractivity contribution >= 4 is 25.7 Å².